The molecule has 0 amide bonds. The van der Waals surface area contributed by atoms with Gasteiger partial charge >= 0.3 is 5.97 Å². The third-order valence-electron chi connectivity index (χ3n) is 5.97. The van der Waals surface area contributed by atoms with Gasteiger partial charge in [0.1, 0.15) is 28.9 Å². The van der Waals surface area contributed by atoms with E-state index in [-0.39, 0.29) is 28.9 Å². The number of aryl methyl sites for hydroxylation is 1. The van der Waals surface area contributed by atoms with Crippen LogP contribution in [0.1, 0.15) is 30.9 Å². The lowest BCUT2D eigenvalue weighted by Crippen LogP contribution is -3.00. The maximum atomic E-state index is 13.6. The molecule has 0 aliphatic heterocycles. The van der Waals surface area contributed by atoms with Crippen LogP contribution < -0.4 is 37.6 Å². The molecule has 0 fully saturated rings. The average Bonchev–Trinajstić information content (AvgIpc) is 2.84. The average molecular weight is 533 g/mol. The number of hydrogen-bond donors (Lipinski definition) is 0. The van der Waals surface area contributed by atoms with Crippen molar-refractivity contribution in [2.24, 2.45) is 0 Å². The third-order valence-corrected chi connectivity index (χ3v) is 10.2. The Kier molecular flexibility index (Phi) is 8.83. The van der Waals surface area contributed by atoms with E-state index in [4.69, 9.17) is 4.74 Å². The van der Waals surface area contributed by atoms with Crippen molar-refractivity contribution in [1.82, 2.24) is 0 Å². The summed E-state index contributed by atoms with van der Waals surface area (Å²) in [5.41, 5.74) is 2.13. The van der Waals surface area contributed by atoms with Crippen LogP contribution in [-0.2, 0) is 4.79 Å². The number of esters is 1. The zero-order chi connectivity index (χ0) is 23.3. The second-order valence-electron chi connectivity index (χ2n) is 8.64. The number of hydrogen-bond acceptors (Lipinski definition) is 2. The number of carbonyl (C=O) groups excluding carboxylic acids is 1. The van der Waals surface area contributed by atoms with Crippen LogP contribution in [0.2, 0.25) is 0 Å². The standard InChI is InChI=1S/C30H30O2P.BrH/c1-23(2)28-20-19-24(3)21-29(28)32-30(31)22-33(25-13-7-4-8-14-25,26-15-9-5-10-16-26)27-17-11-6-12-18-27;/h4-21,23H,22H2,1-3H3;1H/q+1;/p-1. The first-order valence-electron chi connectivity index (χ1n) is 11.4. The molecule has 4 aromatic carbocycles. The molecule has 0 aliphatic rings. The van der Waals surface area contributed by atoms with Gasteiger partial charge in [0.2, 0.25) is 0 Å². The van der Waals surface area contributed by atoms with Gasteiger partial charge in [-0.25, -0.2) is 4.79 Å². The summed E-state index contributed by atoms with van der Waals surface area (Å²) in [6.45, 7) is 6.27. The normalized spacial score (nSPS) is 11.1. The van der Waals surface area contributed by atoms with Crippen molar-refractivity contribution >= 4 is 29.1 Å². The van der Waals surface area contributed by atoms with E-state index >= 15 is 0 Å². The van der Waals surface area contributed by atoms with Gasteiger partial charge in [-0.1, -0.05) is 80.6 Å². The second-order valence-corrected chi connectivity index (χ2v) is 12.1. The molecule has 0 saturated carbocycles. The Bertz CT molecular complexity index is 1110. The summed E-state index contributed by atoms with van der Waals surface area (Å²) in [6, 6.07) is 37.4. The van der Waals surface area contributed by atoms with Gasteiger partial charge in [0.25, 0.3) is 0 Å². The molecule has 0 unspecified atom stereocenters. The summed E-state index contributed by atoms with van der Waals surface area (Å²) >= 11 is 0. The Morgan fingerprint density at radius 1 is 0.735 bits per heavy atom. The van der Waals surface area contributed by atoms with Gasteiger partial charge < -0.3 is 21.7 Å². The molecule has 34 heavy (non-hydrogen) atoms. The van der Waals surface area contributed by atoms with Crippen molar-refractivity contribution < 1.29 is 26.5 Å². The second kappa shape index (κ2) is 11.6. The van der Waals surface area contributed by atoms with Gasteiger partial charge in [0, 0.05) is 0 Å². The molecule has 2 nitrogen and oxygen atoms in total. The van der Waals surface area contributed by atoms with Crippen molar-refractivity contribution in [2.75, 3.05) is 6.16 Å². The number of halogens is 1. The van der Waals surface area contributed by atoms with Crippen molar-refractivity contribution in [3.8, 4) is 5.75 Å². The van der Waals surface area contributed by atoms with Crippen molar-refractivity contribution in [1.29, 1.82) is 0 Å². The van der Waals surface area contributed by atoms with Crippen LogP contribution >= 0.6 is 7.26 Å². The fourth-order valence-corrected chi connectivity index (χ4v) is 8.26. The van der Waals surface area contributed by atoms with E-state index in [9.17, 15) is 4.79 Å². The lowest BCUT2D eigenvalue weighted by Gasteiger charge is -2.27. The van der Waals surface area contributed by atoms with E-state index in [0.717, 1.165) is 11.1 Å². The highest BCUT2D eigenvalue weighted by atomic mass is 79.9. The summed E-state index contributed by atoms with van der Waals surface area (Å²) in [7, 11) is -2.27. The van der Waals surface area contributed by atoms with Crippen molar-refractivity contribution in [3.05, 3.63) is 120 Å². The molecule has 0 aromatic heterocycles. The monoisotopic (exact) mass is 532 g/mol. The maximum absolute atomic E-state index is 13.6. The molecule has 0 radical (unpaired) electrons. The Balaban J connectivity index is 0.00000324. The van der Waals surface area contributed by atoms with Gasteiger partial charge in [0.15, 0.2) is 6.16 Å². The summed E-state index contributed by atoms with van der Waals surface area (Å²) in [4.78, 5) is 13.6. The Morgan fingerprint density at radius 3 is 1.59 bits per heavy atom. The van der Waals surface area contributed by atoms with Crippen LogP contribution in [0.25, 0.3) is 0 Å². The molecule has 0 aliphatic carbocycles. The molecular weight excluding hydrogens is 503 g/mol. The highest BCUT2D eigenvalue weighted by Gasteiger charge is 2.48. The fraction of sp³-hybridized carbons (Fsp3) is 0.167. The predicted molar refractivity (Wildman–Crippen MR) is 141 cm³/mol. The van der Waals surface area contributed by atoms with Crippen LogP contribution in [0.15, 0.2) is 109 Å². The zero-order valence-electron chi connectivity index (χ0n) is 19.8. The minimum absolute atomic E-state index is 0. The molecule has 0 spiro atoms. The van der Waals surface area contributed by atoms with Crippen LogP contribution in [0.5, 0.6) is 5.75 Å². The van der Waals surface area contributed by atoms with E-state index < -0.39 is 7.26 Å². The predicted octanol–water partition coefficient (Wildman–Crippen LogP) is 3.02. The van der Waals surface area contributed by atoms with Crippen molar-refractivity contribution in [3.63, 3.8) is 0 Å². The van der Waals surface area contributed by atoms with E-state index in [1.165, 1.54) is 15.9 Å². The van der Waals surface area contributed by atoms with Gasteiger partial charge in [-0.15, -0.1) is 0 Å². The van der Waals surface area contributed by atoms with Gasteiger partial charge in [-0.2, -0.15) is 0 Å². The van der Waals surface area contributed by atoms with Crippen LogP contribution in [0.4, 0.5) is 0 Å². The lowest BCUT2D eigenvalue weighted by molar-refractivity contribution is -0.131. The third kappa shape index (κ3) is 5.49. The van der Waals surface area contributed by atoms with Gasteiger partial charge in [-0.05, 0) is 66.4 Å². The van der Waals surface area contributed by atoms with Crippen LogP contribution in [0.3, 0.4) is 0 Å². The molecule has 0 saturated heterocycles. The van der Waals surface area contributed by atoms with E-state index in [1.54, 1.807) is 0 Å². The first-order chi connectivity index (χ1) is 16.0. The highest BCUT2D eigenvalue weighted by Crippen LogP contribution is 2.55. The Morgan fingerprint density at radius 2 is 1.18 bits per heavy atom. The van der Waals surface area contributed by atoms with Crippen molar-refractivity contribution in [2.45, 2.75) is 26.7 Å². The van der Waals surface area contributed by atoms with Gasteiger partial charge in [-0.3, -0.25) is 0 Å². The first kappa shape index (κ1) is 25.9. The summed E-state index contributed by atoms with van der Waals surface area (Å²) in [6.07, 6.45) is 0.302. The first-order valence-corrected chi connectivity index (χ1v) is 13.3. The van der Waals surface area contributed by atoms with Crippen LogP contribution in [-0.4, -0.2) is 12.1 Å². The minimum atomic E-state index is -2.27. The minimum Gasteiger partial charge on any atom is -1.00 e. The van der Waals surface area contributed by atoms with Crippen LogP contribution in [0, 0.1) is 6.92 Å². The molecule has 4 aromatic rings. The smallest absolute Gasteiger partial charge is 0.350 e. The topological polar surface area (TPSA) is 26.3 Å². The number of benzene rings is 4. The van der Waals surface area contributed by atoms with E-state index in [0.29, 0.717) is 11.9 Å². The molecule has 0 N–H and O–H groups in total. The summed E-state index contributed by atoms with van der Waals surface area (Å²) in [5, 5.41) is 3.52. The SMILES string of the molecule is Cc1ccc(C(C)C)c(OC(=O)C[P+](c2ccccc2)(c2ccccc2)c2ccccc2)c1.[Br-]. The molecule has 4 heteroatoms. The van der Waals surface area contributed by atoms with Gasteiger partial charge in [0.05, 0.1) is 0 Å². The number of carbonyl (C=O) groups is 1. The largest absolute Gasteiger partial charge is 1.00 e. The van der Waals surface area contributed by atoms with E-state index in [2.05, 4.69) is 98.8 Å². The Labute approximate surface area is 214 Å². The molecular formula is C30H30BrO2P. The quantitative estimate of drug-likeness (QED) is 0.208. The molecule has 4 rings (SSSR count). The zero-order valence-corrected chi connectivity index (χ0v) is 22.3. The maximum Gasteiger partial charge on any atom is 0.350 e. The molecule has 0 heterocycles. The number of ether oxygens (including phenoxy) is 1. The fourth-order valence-electron chi connectivity index (χ4n) is 4.32. The number of rotatable bonds is 7. The summed E-state index contributed by atoms with van der Waals surface area (Å²) in [5.74, 6) is 0.736. The molecule has 0 bridgehead atoms. The summed E-state index contributed by atoms with van der Waals surface area (Å²) < 4.78 is 6.10. The van der Waals surface area contributed by atoms with E-state index in [1.807, 2.05) is 31.2 Å². The Hall–Kier alpha value is -2.74. The molecule has 0 atom stereocenters. The molecule has 174 valence electrons. The highest BCUT2D eigenvalue weighted by molar-refractivity contribution is 7.96. The lowest BCUT2D eigenvalue weighted by atomic mass is 10.0.